The van der Waals surface area contributed by atoms with Gasteiger partial charge >= 0.3 is 0 Å². The third-order valence-corrected chi connectivity index (χ3v) is 4.09. The zero-order valence-corrected chi connectivity index (χ0v) is 12.1. The first-order chi connectivity index (χ1) is 10.3. The molecule has 1 saturated heterocycles. The summed E-state index contributed by atoms with van der Waals surface area (Å²) in [7, 11) is 0. The van der Waals surface area contributed by atoms with Crippen LogP contribution in [0.15, 0.2) is 24.3 Å². The molecule has 0 unspecified atom stereocenters. The number of fused-ring (bicyclic) bond motifs is 1. The van der Waals surface area contributed by atoms with Crippen LogP contribution in [-0.4, -0.2) is 61.0 Å². The maximum Gasteiger partial charge on any atom is 0.261 e. The van der Waals surface area contributed by atoms with E-state index in [4.69, 9.17) is 4.74 Å². The van der Waals surface area contributed by atoms with Gasteiger partial charge in [0.1, 0.15) is 0 Å². The molecule has 0 saturated carbocycles. The monoisotopic (exact) mass is 288 g/mol. The van der Waals surface area contributed by atoms with Crippen LogP contribution in [0.25, 0.3) is 0 Å². The predicted molar refractivity (Wildman–Crippen MR) is 78.3 cm³/mol. The molecule has 5 nitrogen and oxygen atoms in total. The van der Waals surface area contributed by atoms with E-state index in [1.165, 1.54) is 4.90 Å². The van der Waals surface area contributed by atoms with Gasteiger partial charge in [-0.25, -0.2) is 0 Å². The second kappa shape index (κ2) is 6.37. The van der Waals surface area contributed by atoms with Crippen LogP contribution in [0.5, 0.6) is 0 Å². The molecule has 0 N–H and O–H groups in total. The van der Waals surface area contributed by atoms with Crippen LogP contribution in [0, 0.1) is 0 Å². The Hall–Kier alpha value is -1.72. The first kappa shape index (κ1) is 14.2. The Morgan fingerprint density at radius 3 is 2.10 bits per heavy atom. The zero-order valence-electron chi connectivity index (χ0n) is 12.1. The number of amides is 2. The number of carbonyl (C=O) groups excluding carboxylic acids is 2. The van der Waals surface area contributed by atoms with E-state index in [-0.39, 0.29) is 11.8 Å². The fourth-order valence-electron chi connectivity index (χ4n) is 2.87. The Kier molecular flexibility index (Phi) is 4.31. The molecule has 0 atom stereocenters. The summed E-state index contributed by atoms with van der Waals surface area (Å²) in [4.78, 5) is 28.1. The molecule has 3 rings (SSSR count). The summed E-state index contributed by atoms with van der Waals surface area (Å²) in [5, 5.41) is 0. The largest absolute Gasteiger partial charge is 0.379 e. The number of imide groups is 1. The van der Waals surface area contributed by atoms with Crippen LogP contribution in [0.1, 0.15) is 33.6 Å². The minimum absolute atomic E-state index is 0.151. The van der Waals surface area contributed by atoms with Gasteiger partial charge in [-0.1, -0.05) is 12.1 Å². The minimum atomic E-state index is -0.151. The number of hydrogen-bond donors (Lipinski definition) is 0. The highest BCUT2D eigenvalue weighted by molar-refractivity contribution is 6.21. The third kappa shape index (κ3) is 2.99. The van der Waals surface area contributed by atoms with E-state index in [1.54, 1.807) is 24.3 Å². The first-order valence-electron chi connectivity index (χ1n) is 7.53. The van der Waals surface area contributed by atoms with Crippen molar-refractivity contribution < 1.29 is 14.3 Å². The summed E-state index contributed by atoms with van der Waals surface area (Å²) in [6, 6.07) is 7.05. The van der Waals surface area contributed by atoms with Crippen LogP contribution in [0.3, 0.4) is 0 Å². The summed E-state index contributed by atoms with van der Waals surface area (Å²) in [6.45, 7) is 5.08. The molecular formula is C16H20N2O3. The van der Waals surface area contributed by atoms with Gasteiger partial charge in [0.2, 0.25) is 0 Å². The van der Waals surface area contributed by atoms with Gasteiger partial charge in [-0.15, -0.1) is 0 Å². The number of unbranched alkanes of at least 4 members (excludes halogenated alkanes) is 1. The van der Waals surface area contributed by atoms with Crippen LogP contribution >= 0.6 is 0 Å². The van der Waals surface area contributed by atoms with E-state index < -0.39 is 0 Å². The van der Waals surface area contributed by atoms with Gasteiger partial charge in [0.15, 0.2) is 0 Å². The molecule has 0 bridgehead atoms. The van der Waals surface area contributed by atoms with Crippen molar-refractivity contribution >= 4 is 11.8 Å². The lowest BCUT2D eigenvalue weighted by molar-refractivity contribution is 0.0368. The smallest absolute Gasteiger partial charge is 0.261 e. The summed E-state index contributed by atoms with van der Waals surface area (Å²) >= 11 is 0. The molecule has 1 aromatic carbocycles. The molecule has 1 fully saturated rings. The van der Waals surface area contributed by atoms with Gasteiger partial charge in [0, 0.05) is 19.6 Å². The molecule has 5 heteroatoms. The molecule has 2 aliphatic heterocycles. The SMILES string of the molecule is O=C1c2ccccc2C(=O)N1CCCCN1CCOCC1. The van der Waals surface area contributed by atoms with Crippen molar-refractivity contribution in [2.75, 3.05) is 39.4 Å². The predicted octanol–water partition coefficient (Wildman–Crippen LogP) is 1.40. The molecular weight excluding hydrogens is 268 g/mol. The molecule has 0 spiro atoms. The highest BCUT2D eigenvalue weighted by Crippen LogP contribution is 2.22. The van der Waals surface area contributed by atoms with Gasteiger partial charge in [0.25, 0.3) is 11.8 Å². The van der Waals surface area contributed by atoms with Crippen molar-refractivity contribution in [3.05, 3.63) is 35.4 Å². The Labute approximate surface area is 124 Å². The fraction of sp³-hybridized carbons (Fsp3) is 0.500. The van der Waals surface area contributed by atoms with Gasteiger partial charge in [0.05, 0.1) is 24.3 Å². The molecule has 2 heterocycles. The molecule has 0 aliphatic carbocycles. The van der Waals surface area contributed by atoms with Crippen molar-refractivity contribution in [2.45, 2.75) is 12.8 Å². The third-order valence-electron chi connectivity index (χ3n) is 4.09. The average Bonchev–Trinajstić information content (AvgIpc) is 2.77. The highest BCUT2D eigenvalue weighted by atomic mass is 16.5. The van der Waals surface area contributed by atoms with Gasteiger partial charge in [-0.05, 0) is 31.5 Å². The number of benzene rings is 1. The van der Waals surface area contributed by atoms with Crippen LogP contribution in [0.2, 0.25) is 0 Å². The quantitative estimate of drug-likeness (QED) is 0.607. The Morgan fingerprint density at radius 1 is 0.905 bits per heavy atom. The van der Waals surface area contributed by atoms with E-state index in [2.05, 4.69) is 4.90 Å². The van der Waals surface area contributed by atoms with Crippen LogP contribution in [-0.2, 0) is 4.74 Å². The van der Waals surface area contributed by atoms with E-state index in [1.807, 2.05) is 0 Å². The molecule has 112 valence electrons. The molecule has 2 aliphatic rings. The molecule has 2 amide bonds. The summed E-state index contributed by atoms with van der Waals surface area (Å²) < 4.78 is 5.31. The van der Waals surface area contributed by atoms with Crippen molar-refractivity contribution in [1.82, 2.24) is 9.80 Å². The van der Waals surface area contributed by atoms with E-state index in [0.29, 0.717) is 17.7 Å². The number of rotatable bonds is 5. The molecule has 21 heavy (non-hydrogen) atoms. The maximum atomic E-state index is 12.2. The fourth-order valence-corrected chi connectivity index (χ4v) is 2.87. The lowest BCUT2D eigenvalue weighted by Crippen LogP contribution is -2.37. The Bertz CT molecular complexity index is 503. The van der Waals surface area contributed by atoms with Crippen LogP contribution < -0.4 is 0 Å². The topological polar surface area (TPSA) is 49.9 Å². The standard InChI is InChI=1S/C16H20N2O3/c19-15-13-5-1-2-6-14(13)16(20)18(15)8-4-3-7-17-9-11-21-12-10-17/h1-2,5-6H,3-4,7-12H2. The van der Waals surface area contributed by atoms with Crippen LogP contribution in [0.4, 0.5) is 0 Å². The van der Waals surface area contributed by atoms with Gasteiger partial charge in [-0.2, -0.15) is 0 Å². The average molecular weight is 288 g/mol. The van der Waals surface area contributed by atoms with Crippen molar-refractivity contribution in [2.24, 2.45) is 0 Å². The van der Waals surface area contributed by atoms with Crippen molar-refractivity contribution in [1.29, 1.82) is 0 Å². The number of carbonyl (C=O) groups is 2. The van der Waals surface area contributed by atoms with E-state index >= 15 is 0 Å². The molecule has 1 aromatic rings. The minimum Gasteiger partial charge on any atom is -0.379 e. The van der Waals surface area contributed by atoms with E-state index in [9.17, 15) is 9.59 Å². The molecule has 0 aromatic heterocycles. The van der Waals surface area contributed by atoms with E-state index in [0.717, 1.165) is 45.7 Å². The second-order valence-corrected chi connectivity index (χ2v) is 5.47. The lowest BCUT2D eigenvalue weighted by atomic mass is 10.1. The molecule has 0 radical (unpaired) electrons. The Balaban J connectivity index is 1.48. The second-order valence-electron chi connectivity index (χ2n) is 5.47. The zero-order chi connectivity index (χ0) is 14.7. The number of nitrogens with zero attached hydrogens (tertiary/aromatic N) is 2. The first-order valence-corrected chi connectivity index (χ1v) is 7.53. The number of morpholine rings is 1. The summed E-state index contributed by atoms with van der Waals surface area (Å²) in [5.41, 5.74) is 1.08. The van der Waals surface area contributed by atoms with Crippen molar-refractivity contribution in [3.63, 3.8) is 0 Å². The normalized spacial score (nSPS) is 19.1. The van der Waals surface area contributed by atoms with Crippen molar-refractivity contribution in [3.8, 4) is 0 Å². The van der Waals surface area contributed by atoms with Gasteiger partial charge < -0.3 is 4.74 Å². The summed E-state index contributed by atoms with van der Waals surface area (Å²) in [6.07, 6.45) is 1.84. The highest BCUT2D eigenvalue weighted by Gasteiger charge is 2.34. The van der Waals surface area contributed by atoms with Gasteiger partial charge in [-0.3, -0.25) is 19.4 Å². The lowest BCUT2D eigenvalue weighted by Gasteiger charge is -2.26. The Morgan fingerprint density at radius 2 is 1.48 bits per heavy atom. The number of ether oxygens (including phenoxy) is 1. The maximum absolute atomic E-state index is 12.2. The number of hydrogen-bond acceptors (Lipinski definition) is 4. The summed E-state index contributed by atoms with van der Waals surface area (Å²) in [5.74, 6) is -0.302.